The lowest BCUT2D eigenvalue weighted by atomic mass is 10.1. The Balaban J connectivity index is 2.03. The molecule has 5 nitrogen and oxygen atoms in total. The van der Waals surface area contributed by atoms with Gasteiger partial charge in [0.25, 0.3) is 5.91 Å². The average molecular weight is 245 g/mol. The van der Waals surface area contributed by atoms with Crippen molar-refractivity contribution in [2.45, 2.75) is 12.1 Å². The Morgan fingerprint density at radius 2 is 2.22 bits per heavy atom. The molecule has 0 saturated carbocycles. The fourth-order valence-corrected chi connectivity index (χ4v) is 2.47. The molecule has 2 aliphatic heterocycles. The molecule has 18 heavy (non-hydrogen) atoms. The minimum absolute atomic E-state index is 0.122. The largest absolute Gasteiger partial charge is 0.496 e. The van der Waals surface area contributed by atoms with E-state index in [-0.39, 0.29) is 5.91 Å². The van der Waals surface area contributed by atoms with Crippen molar-refractivity contribution in [1.29, 1.82) is 0 Å². The number of carbonyl (C=O) groups is 1. The van der Waals surface area contributed by atoms with Gasteiger partial charge in [0.05, 0.1) is 7.11 Å². The minimum Gasteiger partial charge on any atom is -0.496 e. The first-order valence-corrected chi connectivity index (χ1v) is 6.01. The normalized spacial score (nSPS) is 26.3. The first-order chi connectivity index (χ1) is 8.74. The zero-order chi connectivity index (χ0) is 12.6. The Kier molecular flexibility index (Phi) is 2.56. The van der Waals surface area contributed by atoms with Crippen molar-refractivity contribution < 1.29 is 9.53 Å². The van der Waals surface area contributed by atoms with Crippen molar-refractivity contribution in [1.82, 2.24) is 10.6 Å². The number of nitrogens with zero attached hydrogens (tertiary/aromatic N) is 1. The molecule has 94 valence electrons. The van der Waals surface area contributed by atoms with E-state index in [1.165, 1.54) is 0 Å². The van der Waals surface area contributed by atoms with Gasteiger partial charge in [-0.3, -0.25) is 4.79 Å². The Bertz CT molecular complexity index is 519. The van der Waals surface area contributed by atoms with Crippen molar-refractivity contribution in [3.8, 4) is 5.75 Å². The van der Waals surface area contributed by atoms with E-state index in [1.807, 2.05) is 24.3 Å². The molecular weight excluding hydrogens is 230 g/mol. The molecule has 3 rings (SSSR count). The quantitative estimate of drug-likeness (QED) is 0.788. The number of ether oxygens (including phenoxy) is 1. The van der Waals surface area contributed by atoms with E-state index in [1.54, 1.807) is 7.11 Å². The van der Waals surface area contributed by atoms with E-state index in [4.69, 9.17) is 4.74 Å². The number of aliphatic imine (C=N–C) groups is 1. The van der Waals surface area contributed by atoms with Crippen LogP contribution in [0.2, 0.25) is 0 Å². The van der Waals surface area contributed by atoms with Crippen molar-refractivity contribution in [2.75, 3.05) is 20.2 Å². The van der Waals surface area contributed by atoms with Gasteiger partial charge in [-0.2, -0.15) is 0 Å². The third-order valence-electron chi connectivity index (χ3n) is 3.38. The number of hydrogen-bond acceptors (Lipinski definition) is 4. The maximum Gasteiger partial charge on any atom is 0.272 e. The molecule has 0 aromatic heterocycles. The zero-order valence-electron chi connectivity index (χ0n) is 10.2. The maximum atomic E-state index is 12.1. The molecule has 1 fully saturated rings. The Morgan fingerprint density at radius 1 is 1.39 bits per heavy atom. The summed E-state index contributed by atoms with van der Waals surface area (Å²) in [5, 5.41) is 6.19. The van der Waals surface area contributed by atoms with Crippen LogP contribution in [0.5, 0.6) is 5.75 Å². The van der Waals surface area contributed by atoms with E-state index in [0.717, 1.165) is 18.5 Å². The average Bonchev–Trinajstić information content (AvgIpc) is 2.97. The van der Waals surface area contributed by atoms with Gasteiger partial charge in [0.15, 0.2) is 0 Å². The molecule has 1 aromatic rings. The van der Waals surface area contributed by atoms with Crippen LogP contribution in [0.4, 0.5) is 0 Å². The van der Waals surface area contributed by atoms with Crippen LogP contribution in [0.15, 0.2) is 29.3 Å². The van der Waals surface area contributed by atoms with Crippen LogP contribution in [-0.2, 0) is 4.79 Å². The molecule has 1 spiro atoms. The molecule has 1 saturated heterocycles. The Hall–Kier alpha value is -1.88. The summed E-state index contributed by atoms with van der Waals surface area (Å²) in [5.74, 6) is 0.553. The van der Waals surface area contributed by atoms with E-state index < -0.39 is 5.66 Å². The van der Waals surface area contributed by atoms with Gasteiger partial charge >= 0.3 is 0 Å². The molecule has 5 heteroatoms. The summed E-state index contributed by atoms with van der Waals surface area (Å²) < 4.78 is 5.28. The molecule has 1 amide bonds. The third-order valence-corrected chi connectivity index (χ3v) is 3.38. The number of nitrogens with one attached hydrogen (secondary N) is 2. The zero-order valence-corrected chi connectivity index (χ0v) is 10.2. The summed E-state index contributed by atoms with van der Waals surface area (Å²) in [5.41, 5.74) is 0.769. The summed E-state index contributed by atoms with van der Waals surface area (Å²) in [4.78, 5) is 16.7. The molecular formula is C13H15N3O2. The van der Waals surface area contributed by atoms with Gasteiger partial charge in [-0.15, -0.1) is 0 Å². The number of methoxy groups -OCH3 is 1. The highest BCUT2D eigenvalue weighted by atomic mass is 16.5. The molecule has 2 heterocycles. The lowest BCUT2D eigenvalue weighted by Gasteiger charge is -2.17. The van der Waals surface area contributed by atoms with E-state index >= 15 is 0 Å². The number of para-hydroxylation sites is 1. The van der Waals surface area contributed by atoms with E-state index in [9.17, 15) is 4.79 Å². The van der Waals surface area contributed by atoms with Crippen LogP contribution in [0.1, 0.15) is 12.0 Å². The second-order valence-corrected chi connectivity index (χ2v) is 4.57. The first kappa shape index (κ1) is 11.2. The van der Waals surface area contributed by atoms with E-state index in [2.05, 4.69) is 15.6 Å². The van der Waals surface area contributed by atoms with Gasteiger partial charge in [0, 0.05) is 18.5 Å². The Morgan fingerprint density at radius 3 is 2.94 bits per heavy atom. The standard InChI is InChI=1S/C13H15N3O2/c1-18-10-5-3-2-4-9(10)11-12(17)16-13(15-11)6-7-14-8-13/h2-5,14H,6-8H2,1H3,(H,16,17)/t13-/m1/s1. The fourth-order valence-electron chi connectivity index (χ4n) is 2.47. The van der Waals surface area contributed by atoms with Gasteiger partial charge in [-0.1, -0.05) is 12.1 Å². The van der Waals surface area contributed by atoms with Crippen LogP contribution in [0, 0.1) is 0 Å². The number of rotatable bonds is 2. The van der Waals surface area contributed by atoms with Crippen LogP contribution in [-0.4, -0.2) is 37.5 Å². The maximum absolute atomic E-state index is 12.1. The summed E-state index contributed by atoms with van der Waals surface area (Å²) in [6.07, 6.45) is 0.831. The second kappa shape index (κ2) is 4.10. The number of hydrogen-bond donors (Lipinski definition) is 2. The van der Waals surface area contributed by atoms with Crippen LogP contribution in [0.3, 0.4) is 0 Å². The van der Waals surface area contributed by atoms with Crippen molar-refractivity contribution in [3.05, 3.63) is 29.8 Å². The van der Waals surface area contributed by atoms with Gasteiger partial charge < -0.3 is 15.4 Å². The first-order valence-electron chi connectivity index (χ1n) is 6.01. The topological polar surface area (TPSA) is 62.7 Å². The molecule has 1 atom stereocenters. The minimum atomic E-state index is -0.451. The van der Waals surface area contributed by atoms with Gasteiger partial charge in [0.1, 0.15) is 17.1 Å². The van der Waals surface area contributed by atoms with Crippen molar-refractivity contribution in [2.24, 2.45) is 4.99 Å². The molecule has 2 aliphatic rings. The summed E-state index contributed by atoms with van der Waals surface area (Å²) >= 11 is 0. The smallest absolute Gasteiger partial charge is 0.272 e. The number of carbonyl (C=O) groups excluding carboxylic acids is 1. The lowest BCUT2D eigenvalue weighted by molar-refractivity contribution is -0.115. The SMILES string of the molecule is COc1ccccc1C1=N[C@]2(CCNC2)NC1=O. The van der Waals surface area contributed by atoms with Gasteiger partial charge in [0.2, 0.25) is 0 Å². The summed E-state index contributed by atoms with van der Waals surface area (Å²) in [6.45, 7) is 1.57. The molecule has 2 N–H and O–H groups in total. The predicted molar refractivity (Wildman–Crippen MR) is 67.9 cm³/mol. The van der Waals surface area contributed by atoms with Crippen LogP contribution >= 0.6 is 0 Å². The van der Waals surface area contributed by atoms with E-state index in [0.29, 0.717) is 18.0 Å². The third kappa shape index (κ3) is 1.67. The summed E-state index contributed by atoms with van der Waals surface area (Å²) in [6, 6.07) is 7.45. The van der Waals surface area contributed by atoms with Crippen LogP contribution < -0.4 is 15.4 Å². The molecule has 0 radical (unpaired) electrons. The van der Waals surface area contributed by atoms with Gasteiger partial charge in [-0.25, -0.2) is 4.99 Å². The highest BCUT2D eigenvalue weighted by molar-refractivity contribution is 6.47. The number of benzene rings is 1. The highest BCUT2D eigenvalue weighted by Gasteiger charge is 2.42. The van der Waals surface area contributed by atoms with Gasteiger partial charge in [-0.05, 0) is 18.7 Å². The molecule has 0 bridgehead atoms. The Labute approximate surface area is 105 Å². The summed E-state index contributed by atoms with van der Waals surface area (Å²) in [7, 11) is 1.60. The van der Waals surface area contributed by atoms with Crippen LogP contribution in [0.25, 0.3) is 0 Å². The molecule has 0 unspecified atom stereocenters. The van der Waals surface area contributed by atoms with Crippen molar-refractivity contribution in [3.63, 3.8) is 0 Å². The molecule has 1 aromatic carbocycles. The molecule has 0 aliphatic carbocycles. The highest BCUT2D eigenvalue weighted by Crippen LogP contribution is 2.26. The number of amides is 1. The second-order valence-electron chi connectivity index (χ2n) is 4.57. The lowest BCUT2D eigenvalue weighted by Crippen LogP contribution is -2.44. The fraction of sp³-hybridized carbons (Fsp3) is 0.385. The monoisotopic (exact) mass is 245 g/mol. The van der Waals surface area contributed by atoms with Crippen molar-refractivity contribution >= 4 is 11.6 Å². The predicted octanol–water partition coefficient (Wildman–Crippen LogP) is 0.304.